The molecule has 0 unspecified atom stereocenters. The Morgan fingerprint density at radius 2 is 1.56 bits per heavy atom. The molecule has 2 aliphatic rings. The fourth-order valence-electron chi connectivity index (χ4n) is 4.37. The van der Waals surface area contributed by atoms with E-state index in [2.05, 4.69) is 40.3 Å². The van der Waals surface area contributed by atoms with Gasteiger partial charge in [-0.1, -0.05) is 60.7 Å². The third-order valence-corrected chi connectivity index (χ3v) is 6.19. The first-order valence-electron chi connectivity index (χ1n) is 11.7. The molecule has 4 rings (SSSR count). The van der Waals surface area contributed by atoms with Crippen molar-refractivity contribution in [3.63, 3.8) is 0 Å². The third kappa shape index (κ3) is 6.04. The van der Waals surface area contributed by atoms with E-state index in [4.69, 9.17) is 0 Å². The van der Waals surface area contributed by atoms with Gasteiger partial charge in [0.2, 0.25) is 5.91 Å². The van der Waals surface area contributed by atoms with Crippen molar-refractivity contribution in [1.82, 2.24) is 14.8 Å². The largest absolute Gasteiger partial charge is 0.336 e. The van der Waals surface area contributed by atoms with E-state index in [1.807, 2.05) is 35.2 Å². The van der Waals surface area contributed by atoms with Crippen LogP contribution in [0.15, 0.2) is 65.8 Å². The zero-order valence-corrected chi connectivity index (χ0v) is 18.7. The van der Waals surface area contributed by atoms with Gasteiger partial charge in [0.05, 0.1) is 6.54 Å². The topological polar surface area (TPSA) is 56.2 Å². The second-order valence-corrected chi connectivity index (χ2v) is 8.56. The molecule has 2 aromatic carbocycles. The molecular weight excluding hydrogens is 400 g/mol. The summed E-state index contributed by atoms with van der Waals surface area (Å²) in [5, 5.41) is 5.92. The molecule has 0 aromatic heterocycles. The van der Waals surface area contributed by atoms with Crippen LogP contribution in [0.5, 0.6) is 0 Å². The van der Waals surface area contributed by atoms with E-state index >= 15 is 0 Å². The Morgan fingerprint density at radius 3 is 2.31 bits per heavy atom. The fourth-order valence-corrected chi connectivity index (χ4v) is 4.37. The monoisotopic (exact) mass is 432 g/mol. The highest BCUT2D eigenvalue weighted by atomic mass is 16.2. The number of amides is 2. The minimum atomic E-state index is -0.0224. The van der Waals surface area contributed by atoms with Gasteiger partial charge in [-0.3, -0.25) is 9.59 Å². The van der Waals surface area contributed by atoms with Crippen LogP contribution in [0.2, 0.25) is 0 Å². The number of hydrazone groups is 1. The molecule has 0 radical (unpaired) electrons. The smallest absolute Gasteiger partial charge is 0.270 e. The second kappa shape index (κ2) is 11.0. The van der Waals surface area contributed by atoms with Gasteiger partial charge in [0.15, 0.2) is 0 Å². The molecule has 0 aliphatic carbocycles. The summed E-state index contributed by atoms with van der Waals surface area (Å²) in [7, 11) is 0. The van der Waals surface area contributed by atoms with Crippen molar-refractivity contribution < 1.29 is 9.59 Å². The summed E-state index contributed by atoms with van der Waals surface area (Å²) in [6.45, 7) is 4.84. The summed E-state index contributed by atoms with van der Waals surface area (Å²) in [6, 6.07) is 20.4. The Labute approximate surface area is 190 Å². The molecule has 6 heteroatoms. The van der Waals surface area contributed by atoms with Crippen LogP contribution in [-0.4, -0.2) is 65.1 Å². The summed E-state index contributed by atoms with van der Waals surface area (Å²) < 4.78 is 0. The molecule has 2 aromatic rings. The van der Waals surface area contributed by atoms with E-state index in [0.29, 0.717) is 25.1 Å². The number of rotatable bonds is 7. The fraction of sp³-hybridized carbons (Fsp3) is 0.423. The van der Waals surface area contributed by atoms with E-state index < -0.39 is 0 Å². The molecule has 2 aliphatic heterocycles. The maximum atomic E-state index is 13.2. The highest BCUT2D eigenvalue weighted by Crippen LogP contribution is 2.16. The van der Waals surface area contributed by atoms with Crippen molar-refractivity contribution in [2.75, 3.05) is 32.7 Å². The molecule has 168 valence electrons. The van der Waals surface area contributed by atoms with Crippen LogP contribution in [0, 0.1) is 0 Å². The Hall–Kier alpha value is -2.99. The van der Waals surface area contributed by atoms with Crippen LogP contribution >= 0.6 is 0 Å². The van der Waals surface area contributed by atoms with Crippen LogP contribution in [0.3, 0.4) is 0 Å². The SMILES string of the molecule is O=C(C1=NN(Cc2ccccc2)C(=O)CC1)N1CCCN(CCCc2ccccc2)CC1. The van der Waals surface area contributed by atoms with Crippen LogP contribution in [0.4, 0.5) is 0 Å². The number of aryl methyl sites for hydroxylation is 1. The lowest BCUT2D eigenvalue weighted by molar-refractivity contribution is -0.132. The number of carbonyl (C=O) groups excluding carboxylic acids is 2. The average molecular weight is 433 g/mol. The number of hydrogen-bond acceptors (Lipinski definition) is 4. The second-order valence-electron chi connectivity index (χ2n) is 8.56. The summed E-state index contributed by atoms with van der Waals surface area (Å²) in [5.41, 5.74) is 2.90. The lowest BCUT2D eigenvalue weighted by Crippen LogP contribution is -2.43. The van der Waals surface area contributed by atoms with Crippen LogP contribution in [0.1, 0.15) is 36.8 Å². The first-order chi connectivity index (χ1) is 15.7. The van der Waals surface area contributed by atoms with E-state index in [1.54, 1.807) is 0 Å². The van der Waals surface area contributed by atoms with Gasteiger partial charge in [-0.15, -0.1) is 0 Å². The van der Waals surface area contributed by atoms with Crippen LogP contribution in [0.25, 0.3) is 0 Å². The van der Waals surface area contributed by atoms with Gasteiger partial charge in [-0.2, -0.15) is 5.10 Å². The molecule has 2 amide bonds. The maximum Gasteiger partial charge on any atom is 0.270 e. The molecule has 0 atom stereocenters. The van der Waals surface area contributed by atoms with Gasteiger partial charge in [0.1, 0.15) is 5.71 Å². The lowest BCUT2D eigenvalue weighted by atomic mass is 10.1. The van der Waals surface area contributed by atoms with E-state index in [0.717, 1.165) is 57.5 Å². The quantitative estimate of drug-likeness (QED) is 0.674. The number of hydrogen-bond donors (Lipinski definition) is 0. The molecule has 0 saturated carbocycles. The number of nitrogens with zero attached hydrogens (tertiary/aromatic N) is 4. The van der Waals surface area contributed by atoms with Crippen molar-refractivity contribution in [2.24, 2.45) is 5.10 Å². The number of carbonyl (C=O) groups is 2. The predicted octanol–water partition coefficient (Wildman–Crippen LogP) is 3.33. The molecule has 32 heavy (non-hydrogen) atoms. The van der Waals surface area contributed by atoms with Crippen molar-refractivity contribution in [2.45, 2.75) is 38.6 Å². The summed E-state index contributed by atoms with van der Waals surface area (Å²) in [6.07, 6.45) is 3.96. The van der Waals surface area contributed by atoms with E-state index in [9.17, 15) is 9.59 Å². The normalized spacial score (nSPS) is 17.8. The molecule has 0 N–H and O–H groups in total. The Balaban J connectivity index is 1.30. The first-order valence-corrected chi connectivity index (χ1v) is 11.7. The zero-order chi connectivity index (χ0) is 22.2. The van der Waals surface area contributed by atoms with Gasteiger partial charge in [0, 0.05) is 32.5 Å². The maximum absolute atomic E-state index is 13.2. The first kappa shape index (κ1) is 22.2. The molecule has 2 heterocycles. The van der Waals surface area contributed by atoms with E-state index in [-0.39, 0.29) is 11.8 Å². The molecule has 1 saturated heterocycles. The van der Waals surface area contributed by atoms with Gasteiger partial charge in [-0.05, 0) is 43.5 Å². The van der Waals surface area contributed by atoms with Crippen molar-refractivity contribution in [3.8, 4) is 0 Å². The summed E-state index contributed by atoms with van der Waals surface area (Å²) in [5.74, 6) is -0.0347. The summed E-state index contributed by atoms with van der Waals surface area (Å²) >= 11 is 0. The Morgan fingerprint density at radius 1 is 0.844 bits per heavy atom. The van der Waals surface area contributed by atoms with Gasteiger partial charge >= 0.3 is 0 Å². The summed E-state index contributed by atoms with van der Waals surface area (Å²) in [4.78, 5) is 29.9. The van der Waals surface area contributed by atoms with E-state index in [1.165, 1.54) is 10.6 Å². The van der Waals surface area contributed by atoms with Crippen LogP contribution < -0.4 is 0 Å². The van der Waals surface area contributed by atoms with Crippen molar-refractivity contribution >= 4 is 17.5 Å². The highest BCUT2D eigenvalue weighted by molar-refractivity contribution is 6.39. The molecular formula is C26H32N4O2. The minimum absolute atomic E-state index is 0.0123. The third-order valence-electron chi connectivity index (χ3n) is 6.19. The molecule has 0 bridgehead atoms. The van der Waals surface area contributed by atoms with Gasteiger partial charge in [-0.25, -0.2) is 5.01 Å². The Kier molecular flexibility index (Phi) is 7.67. The standard InChI is InChI=1S/C26H32N4O2/c31-25-15-14-24(27-30(25)21-23-11-5-2-6-12-23)26(32)29-18-8-17-28(19-20-29)16-7-13-22-9-3-1-4-10-22/h1-6,9-12H,7-8,13-21H2. The average Bonchev–Trinajstić information content (AvgIpc) is 3.07. The van der Waals surface area contributed by atoms with Crippen molar-refractivity contribution in [3.05, 3.63) is 71.8 Å². The zero-order valence-electron chi connectivity index (χ0n) is 18.7. The van der Waals surface area contributed by atoms with Crippen molar-refractivity contribution in [1.29, 1.82) is 0 Å². The number of benzene rings is 2. The molecule has 0 spiro atoms. The predicted molar refractivity (Wildman–Crippen MR) is 126 cm³/mol. The highest BCUT2D eigenvalue weighted by Gasteiger charge is 2.28. The molecule has 6 nitrogen and oxygen atoms in total. The molecule has 1 fully saturated rings. The minimum Gasteiger partial charge on any atom is -0.336 e. The Bertz CT molecular complexity index is 929. The lowest BCUT2D eigenvalue weighted by Gasteiger charge is -2.27. The van der Waals surface area contributed by atoms with Gasteiger partial charge < -0.3 is 9.80 Å². The van der Waals surface area contributed by atoms with Crippen LogP contribution in [-0.2, 0) is 22.6 Å². The van der Waals surface area contributed by atoms with Gasteiger partial charge in [0.25, 0.3) is 5.91 Å².